The van der Waals surface area contributed by atoms with Crippen LogP contribution < -0.4 is 5.32 Å². The summed E-state index contributed by atoms with van der Waals surface area (Å²) in [7, 11) is 0. The number of nitrogens with zero attached hydrogens (tertiary/aromatic N) is 3. The first kappa shape index (κ1) is 16.0. The normalized spacial score (nSPS) is 12.0. The van der Waals surface area contributed by atoms with Crippen molar-refractivity contribution in [2.45, 2.75) is 12.6 Å². The fourth-order valence-corrected chi connectivity index (χ4v) is 3.01. The molecule has 4 aromatic rings. The quantitative estimate of drug-likeness (QED) is 0.605. The third-order valence-corrected chi connectivity index (χ3v) is 4.28. The van der Waals surface area contributed by atoms with Crippen molar-refractivity contribution < 1.29 is 4.79 Å². The second-order valence-corrected chi connectivity index (χ2v) is 6.01. The summed E-state index contributed by atoms with van der Waals surface area (Å²) in [5.74, 6) is -0.0926. The van der Waals surface area contributed by atoms with Gasteiger partial charge in [-0.1, -0.05) is 60.7 Å². The van der Waals surface area contributed by atoms with Crippen molar-refractivity contribution in [1.29, 1.82) is 0 Å². The minimum atomic E-state index is -0.528. The van der Waals surface area contributed by atoms with E-state index in [0.717, 1.165) is 16.6 Å². The highest BCUT2D eigenvalue weighted by Crippen LogP contribution is 2.23. The van der Waals surface area contributed by atoms with Crippen LogP contribution in [0.25, 0.3) is 11.2 Å². The molecule has 1 amide bonds. The van der Waals surface area contributed by atoms with E-state index in [9.17, 15) is 4.79 Å². The average Bonchev–Trinajstić information content (AvgIpc) is 3.12. The van der Waals surface area contributed by atoms with Crippen molar-refractivity contribution in [2.75, 3.05) is 0 Å². The van der Waals surface area contributed by atoms with Gasteiger partial charge in [-0.05, 0) is 23.3 Å². The van der Waals surface area contributed by atoms with E-state index in [4.69, 9.17) is 0 Å². The number of hydrogen-bond donors (Lipinski definition) is 1. The van der Waals surface area contributed by atoms with Gasteiger partial charge in [0.05, 0.1) is 6.33 Å². The average molecular weight is 342 g/mol. The maximum absolute atomic E-state index is 13.1. The topological polar surface area (TPSA) is 59.8 Å². The number of imidazole rings is 1. The monoisotopic (exact) mass is 342 g/mol. The van der Waals surface area contributed by atoms with Crippen LogP contribution in [0.1, 0.15) is 17.2 Å². The van der Waals surface area contributed by atoms with Crippen molar-refractivity contribution in [3.63, 3.8) is 0 Å². The van der Waals surface area contributed by atoms with E-state index in [2.05, 4.69) is 15.3 Å². The smallest absolute Gasteiger partial charge is 0.248 e. The summed E-state index contributed by atoms with van der Waals surface area (Å²) in [6.45, 7) is 0.475. The zero-order valence-electron chi connectivity index (χ0n) is 14.1. The third-order valence-electron chi connectivity index (χ3n) is 4.28. The molecule has 2 heterocycles. The molecule has 128 valence electrons. The van der Waals surface area contributed by atoms with Gasteiger partial charge in [0.15, 0.2) is 5.65 Å². The lowest BCUT2D eigenvalue weighted by atomic mass is 10.1. The van der Waals surface area contributed by atoms with Crippen molar-refractivity contribution in [2.24, 2.45) is 0 Å². The van der Waals surface area contributed by atoms with E-state index in [1.54, 1.807) is 12.5 Å². The van der Waals surface area contributed by atoms with Crippen LogP contribution in [0.4, 0.5) is 0 Å². The van der Waals surface area contributed by atoms with Crippen LogP contribution in [0.15, 0.2) is 85.3 Å². The third kappa shape index (κ3) is 3.19. The molecule has 26 heavy (non-hydrogen) atoms. The summed E-state index contributed by atoms with van der Waals surface area (Å²) in [5, 5.41) is 3.04. The van der Waals surface area contributed by atoms with E-state index < -0.39 is 6.04 Å². The Bertz CT molecular complexity index is 1010. The summed E-state index contributed by atoms with van der Waals surface area (Å²) in [6.07, 6.45) is 3.39. The molecule has 5 nitrogen and oxygen atoms in total. The lowest BCUT2D eigenvalue weighted by Crippen LogP contribution is -2.32. The predicted molar refractivity (Wildman–Crippen MR) is 100 cm³/mol. The number of fused-ring (bicyclic) bond motifs is 1. The van der Waals surface area contributed by atoms with Crippen LogP contribution in [0.5, 0.6) is 0 Å². The molecule has 1 N–H and O–H groups in total. The zero-order chi connectivity index (χ0) is 17.8. The molecule has 0 saturated carbocycles. The predicted octanol–water partition coefficient (Wildman–Crippen LogP) is 3.34. The van der Waals surface area contributed by atoms with Gasteiger partial charge in [0.1, 0.15) is 11.6 Å². The van der Waals surface area contributed by atoms with E-state index in [1.165, 1.54) is 0 Å². The highest BCUT2D eigenvalue weighted by molar-refractivity contribution is 5.85. The van der Waals surface area contributed by atoms with Crippen LogP contribution in [-0.2, 0) is 11.3 Å². The molecule has 4 rings (SSSR count). The highest BCUT2D eigenvalue weighted by Gasteiger charge is 2.24. The Hall–Kier alpha value is -3.47. The van der Waals surface area contributed by atoms with Crippen molar-refractivity contribution in [1.82, 2.24) is 19.9 Å². The van der Waals surface area contributed by atoms with Crippen molar-refractivity contribution in [3.05, 3.63) is 96.4 Å². The molecule has 1 unspecified atom stereocenters. The number of pyridine rings is 1. The molecule has 0 fully saturated rings. The van der Waals surface area contributed by atoms with Crippen LogP contribution in [-0.4, -0.2) is 20.4 Å². The molecule has 2 aromatic carbocycles. The molecule has 0 aliphatic rings. The lowest BCUT2D eigenvalue weighted by molar-refractivity contribution is -0.123. The molecule has 0 aliphatic heterocycles. The minimum Gasteiger partial charge on any atom is -0.350 e. The number of rotatable bonds is 5. The second-order valence-electron chi connectivity index (χ2n) is 6.01. The number of nitrogens with one attached hydrogen (secondary N) is 1. The Morgan fingerprint density at radius 2 is 1.65 bits per heavy atom. The lowest BCUT2D eigenvalue weighted by Gasteiger charge is -2.19. The Balaban J connectivity index is 1.68. The SMILES string of the molecule is O=C(NCc1ccccc1)C(c1ccccc1)n1cnc2cccnc21. The summed E-state index contributed by atoms with van der Waals surface area (Å²) in [4.78, 5) is 21.9. The maximum Gasteiger partial charge on any atom is 0.248 e. The van der Waals surface area contributed by atoms with Crippen LogP contribution >= 0.6 is 0 Å². The Labute approximate surface area is 151 Å². The summed E-state index contributed by atoms with van der Waals surface area (Å²) >= 11 is 0. The van der Waals surface area contributed by atoms with Gasteiger partial charge in [-0.2, -0.15) is 0 Å². The molecule has 0 aliphatic carbocycles. The fourth-order valence-electron chi connectivity index (χ4n) is 3.01. The summed E-state index contributed by atoms with van der Waals surface area (Å²) < 4.78 is 1.82. The van der Waals surface area contributed by atoms with E-state index in [1.807, 2.05) is 77.4 Å². The summed E-state index contributed by atoms with van der Waals surface area (Å²) in [6, 6.07) is 22.8. The van der Waals surface area contributed by atoms with Gasteiger partial charge in [-0.15, -0.1) is 0 Å². The molecule has 2 aromatic heterocycles. The molecule has 0 spiro atoms. The Kier molecular flexibility index (Phi) is 4.43. The van der Waals surface area contributed by atoms with Gasteiger partial charge in [0.2, 0.25) is 5.91 Å². The standard InChI is InChI=1S/C21H18N4O/c26-21(23-14-16-8-3-1-4-9-16)19(17-10-5-2-6-11-17)25-15-24-18-12-7-13-22-20(18)25/h1-13,15,19H,14H2,(H,23,26). The molecular formula is C21H18N4O. The molecule has 0 saturated heterocycles. The number of amides is 1. The number of carbonyl (C=O) groups is 1. The van der Waals surface area contributed by atoms with Crippen LogP contribution in [0.2, 0.25) is 0 Å². The first-order valence-corrected chi connectivity index (χ1v) is 8.47. The van der Waals surface area contributed by atoms with Gasteiger partial charge in [0.25, 0.3) is 0 Å². The highest BCUT2D eigenvalue weighted by atomic mass is 16.2. The molecule has 5 heteroatoms. The Morgan fingerprint density at radius 1 is 0.923 bits per heavy atom. The van der Waals surface area contributed by atoms with E-state index >= 15 is 0 Å². The van der Waals surface area contributed by atoms with E-state index in [-0.39, 0.29) is 5.91 Å². The first-order valence-electron chi connectivity index (χ1n) is 8.47. The fraction of sp³-hybridized carbons (Fsp3) is 0.0952. The van der Waals surface area contributed by atoms with Crippen LogP contribution in [0.3, 0.4) is 0 Å². The number of carbonyl (C=O) groups excluding carboxylic acids is 1. The molecular weight excluding hydrogens is 324 g/mol. The molecule has 0 bridgehead atoms. The van der Waals surface area contributed by atoms with Gasteiger partial charge in [-0.25, -0.2) is 9.97 Å². The van der Waals surface area contributed by atoms with Crippen molar-refractivity contribution in [3.8, 4) is 0 Å². The number of benzene rings is 2. The second kappa shape index (κ2) is 7.19. The van der Waals surface area contributed by atoms with Gasteiger partial charge in [-0.3, -0.25) is 9.36 Å². The van der Waals surface area contributed by atoms with Crippen LogP contribution in [0, 0.1) is 0 Å². The number of aromatic nitrogens is 3. The summed E-state index contributed by atoms with van der Waals surface area (Å²) in [5.41, 5.74) is 3.41. The minimum absolute atomic E-state index is 0.0926. The molecule has 1 atom stereocenters. The van der Waals surface area contributed by atoms with Gasteiger partial charge < -0.3 is 5.32 Å². The maximum atomic E-state index is 13.1. The van der Waals surface area contributed by atoms with Gasteiger partial charge >= 0.3 is 0 Å². The number of hydrogen-bond acceptors (Lipinski definition) is 3. The zero-order valence-corrected chi connectivity index (χ0v) is 14.1. The van der Waals surface area contributed by atoms with E-state index in [0.29, 0.717) is 12.2 Å². The Morgan fingerprint density at radius 3 is 2.42 bits per heavy atom. The first-order chi connectivity index (χ1) is 12.8. The van der Waals surface area contributed by atoms with Gasteiger partial charge in [0, 0.05) is 12.7 Å². The largest absolute Gasteiger partial charge is 0.350 e. The molecule has 0 radical (unpaired) electrons. The van der Waals surface area contributed by atoms with Crippen molar-refractivity contribution >= 4 is 17.1 Å².